The molecule has 0 amide bonds. The Labute approximate surface area is 150 Å². The van der Waals surface area contributed by atoms with Gasteiger partial charge in [0.25, 0.3) is 10.1 Å². The Kier molecular flexibility index (Phi) is 6.77. The number of benzene rings is 2. The summed E-state index contributed by atoms with van der Waals surface area (Å²) >= 11 is 0. The van der Waals surface area contributed by atoms with Crippen molar-refractivity contribution < 1.29 is 12.6 Å². The highest BCUT2D eigenvalue weighted by molar-refractivity contribution is 7.86. The van der Waals surface area contributed by atoms with Gasteiger partial charge in [-0.1, -0.05) is 53.9 Å². The number of rotatable bonds is 8. The van der Waals surface area contributed by atoms with E-state index in [1.807, 2.05) is 49.2 Å². The molecule has 132 valence electrons. The highest BCUT2D eigenvalue weighted by atomic mass is 32.2. The van der Waals surface area contributed by atoms with Crippen LogP contribution >= 0.6 is 0 Å². The van der Waals surface area contributed by atoms with Crippen molar-refractivity contribution in [3.05, 3.63) is 65.7 Å². The van der Waals surface area contributed by atoms with Gasteiger partial charge < -0.3 is 0 Å². The van der Waals surface area contributed by atoms with Crippen LogP contribution in [-0.2, 0) is 20.7 Å². The third kappa shape index (κ3) is 5.71. The molecule has 0 radical (unpaired) electrons. The number of nitrogens with zero attached hydrogens (tertiary/aromatic N) is 1. The molecule has 0 aliphatic heterocycles. The van der Waals surface area contributed by atoms with Crippen molar-refractivity contribution >= 4 is 10.1 Å². The van der Waals surface area contributed by atoms with Crippen LogP contribution in [0.1, 0.15) is 11.1 Å². The molecule has 2 aromatic carbocycles. The molecule has 0 fully saturated rings. The van der Waals surface area contributed by atoms with Gasteiger partial charge in [-0.3, -0.25) is 9.08 Å². The van der Waals surface area contributed by atoms with E-state index in [1.54, 1.807) is 24.3 Å². The molecule has 0 spiro atoms. The number of likely N-dealkylation sites (N-methyl/N-ethyl adjacent to an activating group) is 1. The van der Waals surface area contributed by atoms with E-state index in [2.05, 4.69) is 5.92 Å². The number of aryl methyl sites for hydroxylation is 1. The second kappa shape index (κ2) is 8.82. The zero-order valence-electron chi connectivity index (χ0n) is 14.6. The van der Waals surface area contributed by atoms with E-state index in [0.29, 0.717) is 13.0 Å². The predicted molar refractivity (Wildman–Crippen MR) is 99.7 cm³/mol. The van der Waals surface area contributed by atoms with E-state index < -0.39 is 10.1 Å². The van der Waals surface area contributed by atoms with Crippen molar-refractivity contribution in [3.8, 4) is 12.3 Å². The van der Waals surface area contributed by atoms with Crippen molar-refractivity contribution in [2.45, 2.75) is 24.3 Å². The van der Waals surface area contributed by atoms with Crippen LogP contribution in [0.5, 0.6) is 0 Å². The van der Waals surface area contributed by atoms with Gasteiger partial charge in [-0.25, -0.2) is 0 Å². The molecule has 1 atom stereocenters. The Hall–Kier alpha value is -2.13. The lowest BCUT2D eigenvalue weighted by Gasteiger charge is -2.26. The monoisotopic (exact) mass is 357 g/mol. The summed E-state index contributed by atoms with van der Waals surface area (Å²) in [5.41, 5.74) is 2.10. The van der Waals surface area contributed by atoms with E-state index in [-0.39, 0.29) is 17.5 Å². The molecule has 0 saturated carbocycles. The van der Waals surface area contributed by atoms with Gasteiger partial charge in [-0.2, -0.15) is 8.42 Å². The van der Waals surface area contributed by atoms with Gasteiger partial charge in [-0.15, -0.1) is 6.42 Å². The van der Waals surface area contributed by atoms with Gasteiger partial charge >= 0.3 is 0 Å². The predicted octanol–water partition coefficient (Wildman–Crippen LogP) is 2.88. The van der Waals surface area contributed by atoms with Crippen LogP contribution < -0.4 is 0 Å². The minimum atomic E-state index is -3.79. The Morgan fingerprint density at radius 2 is 1.76 bits per heavy atom. The average molecular weight is 357 g/mol. The summed E-state index contributed by atoms with van der Waals surface area (Å²) < 4.78 is 30.1. The van der Waals surface area contributed by atoms with Crippen LogP contribution in [0.2, 0.25) is 0 Å². The highest BCUT2D eigenvalue weighted by Gasteiger charge is 2.21. The molecule has 0 bridgehead atoms. The maximum atomic E-state index is 12.4. The van der Waals surface area contributed by atoms with Gasteiger partial charge in [0, 0.05) is 6.04 Å². The van der Waals surface area contributed by atoms with Gasteiger partial charge in [0.1, 0.15) is 0 Å². The molecule has 2 aromatic rings. The lowest BCUT2D eigenvalue weighted by atomic mass is 10.1. The number of hydrogen-bond donors (Lipinski definition) is 0. The van der Waals surface area contributed by atoms with Crippen LogP contribution in [0.4, 0.5) is 0 Å². The fourth-order valence-electron chi connectivity index (χ4n) is 2.44. The minimum absolute atomic E-state index is 0.0449. The third-order valence-electron chi connectivity index (χ3n) is 4.00. The summed E-state index contributed by atoms with van der Waals surface area (Å²) in [7, 11) is -1.92. The van der Waals surface area contributed by atoms with E-state index >= 15 is 0 Å². The van der Waals surface area contributed by atoms with Crippen LogP contribution in [0.15, 0.2) is 59.5 Å². The maximum absolute atomic E-state index is 12.4. The molecular weight excluding hydrogens is 334 g/mol. The molecular formula is C20H23NO3S. The van der Waals surface area contributed by atoms with Crippen LogP contribution in [-0.4, -0.2) is 39.6 Å². The quantitative estimate of drug-likeness (QED) is 0.538. The third-order valence-corrected chi connectivity index (χ3v) is 5.30. The summed E-state index contributed by atoms with van der Waals surface area (Å²) in [5.74, 6) is 2.59. The summed E-state index contributed by atoms with van der Waals surface area (Å²) in [5, 5.41) is 0. The molecule has 0 saturated heterocycles. The summed E-state index contributed by atoms with van der Waals surface area (Å²) in [6, 6.07) is 16.3. The van der Waals surface area contributed by atoms with Gasteiger partial charge in [0.2, 0.25) is 0 Å². The number of hydrogen-bond acceptors (Lipinski definition) is 4. The zero-order chi connectivity index (χ0) is 18.3. The van der Waals surface area contributed by atoms with Gasteiger partial charge in [-0.05, 0) is 38.1 Å². The summed E-state index contributed by atoms with van der Waals surface area (Å²) in [6.45, 7) is 2.37. The fourth-order valence-corrected chi connectivity index (χ4v) is 3.38. The smallest absolute Gasteiger partial charge is 0.290 e. The molecule has 5 heteroatoms. The van der Waals surface area contributed by atoms with Crippen molar-refractivity contribution in [2.24, 2.45) is 0 Å². The summed E-state index contributed by atoms with van der Waals surface area (Å²) in [6.07, 6.45) is 6.05. The Balaban J connectivity index is 2.10. The molecule has 2 rings (SSSR count). The normalized spacial score (nSPS) is 12.7. The lowest BCUT2D eigenvalue weighted by molar-refractivity contribution is 0.177. The van der Waals surface area contributed by atoms with Crippen LogP contribution in [0.25, 0.3) is 0 Å². The fraction of sp³-hybridized carbons (Fsp3) is 0.300. The Morgan fingerprint density at radius 1 is 1.12 bits per heavy atom. The van der Waals surface area contributed by atoms with Gasteiger partial charge in [0.15, 0.2) is 0 Å². The molecule has 0 aliphatic carbocycles. The van der Waals surface area contributed by atoms with Crippen LogP contribution in [0.3, 0.4) is 0 Å². The molecule has 1 unspecified atom stereocenters. The lowest BCUT2D eigenvalue weighted by Crippen LogP contribution is -2.38. The van der Waals surface area contributed by atoms with E-state index in [1.165, 1.54) is 0 Å². The first-order valence-corrected chi connectivity index (χ1v) is 9.47. The first-order chi connectivity index (χ1) is 11.9. The standard InChI is InChI=1S/C20H23NO3S/c1-4-14-21(3)19(15-18-8-6-5-7-9-18)16-24-25(22,23)20-12-10-17(2)11-13-20/h1,5-13,19H,14-16H2,2-3H3. The van der Waals surface area contributed by atoms with Crippen LogP contribution in [0, 0.1) is 19.3 Å². The van der Waals surface area contributed by atoms with Crippen molar-refractivity contribution in [3.63, 3.8) is 0 Å². The largest absolute Gasteiger partial charge is 0.297 e. The topological polar surface area (TPSA) is 46.6 Å². The molecule has 25 heavy (non-hydrogen) atoms. The Bertz CT molecular complexity index is 808. The second-order valence-electron chi connectivity index (χ2n) is 6.01. The minimum Gasteiger partial charge on any atom is -0.290 e. The van der Waals surface area contributed by atoms with E-state index in [9.17, 15) is 8.42 Å². The molecule has 0 aromatic heterocycles. The molecule has 0 heterocycles. The molecule has 0 N–H and O–H groups in total. The van der Waals surface area contributed by atoms with E-state index in [0.717, 1.165) is 11.1 Å². The highest BCUT2D eigenvalue weighted by Crippen LogP contribution is 2.15. The first-order valence-electron chi connectivity index (χ1n) is 8.06. The summed E-state index contributed by atoms with van der Waals surface area (Å²) in [4.78, 5) is 2.09. The second-order valence-corrected chi connectivity index (χ2v) is 7.63. The molecule has 0 aliphatic rings. The maximum Gasteiger partial charge on any atom is 0.297 e. The number of terminal acetylenes is 1. The van der Waals surface area contributed by atoms with Crippen molar-refractivity contribution in [2.75, 3.05) is 20.2 Å². The van der Waals surface area contributed by atoms with Crippen molar-refractivity contribution in [1.29, 1.82) is 0 Å². The Morgan fingerprint density at radius 3 is 2.36 bits per heavy atom. The average Bonchev–Trinajstić information content (AvgIpc) is 2.60. The zero-order valence-corrected chi connectivity index (χ0v) is 15.4. The van der Waals surface area contributed by atoms with Crippen molar-refractivity contribution in [1.82, 2.24) is 4.90 Å². The SMILES string of the molecule is C#CCN(C)C(COS(=O)(=O)c1ccc(C)cc1)Cc1ccccc1. The van der Waals surface area contributed by atoms with Gasteiger partial charge in [0.05, 0.1) is 18.0 Å². The first kappa shape index (κ1) is 19.2. The molecule has 4 nitrogen and oxygen atoms in total. The van der Waals surface area contributed by atoms with E-state index in [4.69, 9.17) is 10.6 Å².